The highest BCUT2D eigenvalue weighted by atomic mass is 16.5. The summed E-state index contributed by atoms with van der Waals surface area (Å²) in [6, 6.07) is 6.24. The van der Waals surface area contributed by atoms with E-state index in [-0.39, 0.29) is 5.75 Å². The van der Waals surface area contributed by atoms with Crippen molar-refractivity contribution in [1.29, 1.82) is 0 Å². The van der Waals surface area contributed by atoms with Crippen LogP contribution >= 0.6 is 0 Å². The van der Waals surface area contributed by atoms with Crippen molar-refractivity contribution < 1.29 is 14.6 Å². The largest absolute Gasteiger partial charge is 0.508 e. The number of aromatic hydroxyl groups is 1. The summed E-state index contributed by atoms with van der Waals surface area (Å²) in [4.78, 5) is 11.2. The minimum absolute atomic E-state index is 0.158. The third kappa shape index (κ3) is 2.36. The maximum atomic E-state index is 11.2. The highest BCUT2D eigenvalue weighted by molar-refractivity contribution is 6.15. The summed E-state index contributed by atoms with van der Waals surface area (Å²) in [6.45, 7) is 5.68. The molecule has 1 N–H and O–H groups in total. The summed E-state index contributed by atoms with van der Waals surface area (Å²) < 4.78 is 4.79. The number of hydrogen-bond donors (Lipinski definition) is 1. The van der Waals surface area contributed by atoms with E-state index in [1.54, 1.807) is 19.1 Å². The van der Waals surface area contributed by atoms with Gasteiger partial charge in [0.05, 0.1) is 12.2 Å². The molecule has 0 saturated heterocycles. The standard InChI is InChI=1S/C11H12O3/c1-3-14-11(13)8(2)9-4-6-10(12)7-5-9/h4-7,12H,2-3H2,1H3. The third-order valence-corrected chi connectivity index (χ3v) is 1.74. The molecule has 0 aliphatic heterocycles. The number of benzene rings is 1. The van der Waals surface area contributed by atoms with Gasteiger partial charge in [-0.25, -0.2) is 4.79 Å². The Kier molecular flexibility index (Phi) is 3.29. The molecule has 0 atom stereocenters. The van der Waals surface area contributed by atoms with Gasteiger partial charge >= 0.3 is 5.97 Å². The molecule has 0 saturated carbocycles. The summed E-state index contributed by atoms with van der Waals surface area (Å²) in [5, 5.41) is 9.03. The Hall–Kier alpha value is -1.77. The molecule has 3 heteroatoms. The molecular weight excluding hydrogens is 180 g/mol. The molecule has 0 fully saturated rings. The number of esters is 1. The molecule has 3 nitrogen and oxygen atoms in total. The molecule has 0 bridgehead atoms. The minimum Gasteiger partial charge on any atom is -0.508 e. The molecule has 14 heavy (non-hydrogen) atoms. The molecule has 0 heterocycles. The van der Waals surface area contributed by atoms with Crippen molar-refractivity contribution in [1.82, 2.24) is 0 Å². The number of phenols is 1. The third-order valence-electron chi connectivity index (χ3n) is 1.74. The van der Waals surface area contributed by atoms with Crippen LogP contribution in [0.5, 0.6) is 5.75 Å². The minimum atomic E-state index is -0.432. The Morgan fingerprint density at radius 3 is 2.50 bits per heavy atom. The Bertz CT molecular complexity index is 338. The molecule has 0 amide bonds. The van der Waals surface area contributed by atoms with Crippen molar-refractivity contribution in [2.45, 2.75) is 6.92 Å². The zero-order valence-corrected chi connectivity index (χ0v) is 7.99. The second-order valence-electron chi connectivity index (χ2n) is 2.75. The fraction of sp³-hybridized carbons (Fsp3) is 0.182. The molecule has 0 aromatic heterocycles. The van der Waals surface area contributed by atoms with Gasteiger partial charge in [-0.3, -0.25) is 0 Å². The first kappa shape index (κ1) is 10.3. The lowest BCUT2D eigenvalue weighted by Gasteiger charge is -2.04. The van der Waals surface area contributed by atoms with Crippen LogP contribution in [0.1, 0.15) is 12.5 Å². The highest BCUT2D eigenvalue weighted by Crippen LogP contribution is 2.17. The van der Waals surface area contributed by atoms with E-state index in [0.29, 0.717) is 17.7 Å². The van der Waals surface area contributed by atoms with Crippen LogP contribution in [0, 0.1) is 0 Å². The predicted molar refractivity (Wildman–Crippen MR) is 53.8 cm³/mol. The van der Waals surface area contributed by atoms with Gasteiger partial charge in [0.2, 0.25) is 0 Å². The first-order chi connectivity index (χ1) is 6.65. The number of carbonyl (C=O) groups excluding carboxylic acids is 1. The number of hydrogen-bond acceptors (Lipinski definition) is 3. The molecule has 74 valence electrons. The Labute approximate surface area is 82.6 Å². The Morgan fingerprint density at radius 1 is 1.43 bits per heavy atom. The van der Waals surface area contributed by atoms with Gasteiger partial charge in [0.15, 0.2) is 0 Å². The quantitative estimate of drug-likeness (QED) is 0.588. The molecule has 1 aromatic carbocycles. The van der Waals surface area contributed by atoms with Crippen LogP contribution in [-0.2, 0) is 9.53 Å². The summed E-state index contributed by atoms with van der Waals surface area (Å²) in [7, 11) is 0. The molecule has 0 spiro atoms. The summed E-state index contributed by atoms with van der Waals surface area (Å²) in [5.74, 6) is -0.274. The van der Waals surface area contributed by atoms with Gasteiger partial charge in [-0.2, -0.15) is 0 Å². The summed E-state index contributed by atoms with van der Waals surface area (Å²) in [5.41, 5.74) is 0.952. The fourth-order valence-electron chi connectivity index (χ4n) is 0.999. The van der Waals surface area contributed by atoms with Crippen LogP contribution in [0.4, 0.5) is 0 Å². The zero-order chi connectivity index (χ0) is 10.6. The van der Waals surface area contributed by atoms with Gasteiger partial charge in [0.1, 0.15) is 5.75 Å². The number of phenolic OH excluding ortho intramolecular Hbond substituents is 1. The van der Waals surface area contributed by atoms with E-state index in [0.717, 1.165) is 0 Å². The first-order valence-corrected chi connectivity index (χ1v) is 4.30. The number of ether oxygens (including phenoxy) is 1. The Morgan fingerprint density at radius 2 is 2.00 bits per heavy atom. The summed E-state index contributed by atoms with van der Waals surface area (Å²) in [6.07, 6.45) is 0. The maximum Gasteiger partial charge on any atom is 0.338 e. The number of carbonyl (C=O) groups is 1. The normalized spacial score (nSPS) is 9.50. The van der Waals surface area contributed by atoms with Crippen LogP contribution in [0.2, 0.25) is 0 Å². The topological polar surface area (TPSA) is 46.5 Å². The average Bonchev–Trinajstić information content (AvgIpc) is 2.18. The predicted octanol–water partition coefficient (Wildman–Crippen LogP) is 1.97. The molecule has 1 rings (SSSR count). The van der Waals surface area contributed by atoms with Crippen LogP contribution in [0.25, 0.3) is 5.57 Å². The van der Waals surface area contributed by atoms with Gasteiger partial charge in [0, 0.05) is 0 Å². The van der Waals surface area contributed by atoms with Crippen molar-refractivity contribution in [3.05, 3.63) is 36.4 Å². The van der Waals surface area contributed by atoms with E-state index in [1.807, 2.05) is 0 Å². The first-order valence-electron chi connectivity index (χ1n) is 4.30. The van der Waals surface area contributed by atoms with Crippen molar-refractivity contribution in [3.63, 3.8) is 0 Å². The van der Waals surface area contributed by atoms with Crippen molar-refractivity contribution >= 4 is 11.5 Å². The average molecular weight is 192 g/mol. The van der Waals surface area contributed by atoms with Crippen molar-refractivity contribution in [2.75, 3.05) is 6.61 Å². The number of rotatable bonds is 3. The monoisotopic (exact) mass is 192 g/mol. The van der Waals surface area contributed by atoms with E-state index in [4.69, 9.17) is 9.84 Å². The Balaban J connectivity index is 2.79. The SMILES string of the molecule is C=C(C(=O)OCC)c1ccc(O)cc1. The van der Waals surface area contributed by atoms with Gasteiger partial charge in [-0.05, 0) is 24.6 Å². The van der Waals surface area contributed by atoms with Crippen LogP contribution in [-0.4, -0.2) is 17.7 Å². The van der Waals surface area contributed by atoms with Crippen LogP contribution in [0.3, 0.4) is 0 Å². The smallest absolute Gasteiger partial charge is 0.338 e. The van der Waals surface area contributed by atoms with E-state index >= 15 is 0 Å². The van der Waals surface area contributed by atoms with Crippen molar-refractivity contribution in [2.24, 2.45) is 0 Å². The second-order valence-corrected chi connectivity index (χ2v) is 2.75. The van der Waals surface area contributed by atoms with Crippen molar-refractivity contribution in [3.8, 4) is 5.75 Å². The van der Waals surface area contributed by atoms with E-state index < -0.39 is 5.97 Å². The maximum absolute atomic E-state index is 11.2. The lowest BCUT2D eigenvalue weighted by molar-refractivity contribution is -0.136. The van der Waals surface area contributed by atoms with E-state index in [2.05, 4.69) is 6.58 Å². The lowest BCUT2D eigenvalue weighted by Crippen LogP contribution is -2.05. The molecule has 1 aromatic rings. The van der Waals surface area contributed by atoms with Gasteiger partial charge < -0.3 is 9.84 Å². The summed E-state index contributed by atoms with van der Waals surface area (Å²) >= 11 is 0. The zero-order valence-electron chi connectivity index (χ0n) is 7.99. The van der Waals surface area contributed by atoms with Gasteiger partial charge in [-0.1, -0.05) is 18.7 Å². The molecular formula is C11H12O3. The molecule has 0 aliphatic carbocycles. The molecule has 0 unspecified atom stereocenters. The van der Waals surface area contributed by atoms with Crippen LogP contribution in [0.15, 0.2) is 30.8 Å². The highest BCUT2D eigenvalue weighted by Gasteiger charge is 2.09. The van der Waals surface area contributed by atoms with Gasteiger partial charge in [-0.15, -0.1) is 0 Å². The molecule has 0 radical (unpaired) electrons. The lowest BCUT2D eigenvalue weighted by atomic mass is 10.1. The van der Waals surface area contributed by atoms with Crippen LogP contribution < -0.4 is 0 Å². The molecule has 0 aliphatic rings. The van der Waals surface area contributed by atoms with E-state index in [1.165, 1.54) is 12.1 Å². The second kappa shape index (κ2) is 4.46. The van der Waals surface area contributed by atoms with Gasteiger partial charge in [0.25, 0.3) is 0 Å². The fourth-order valence-corrected chi connectivity index (χ4v) is 0.999. The van der Waals surface area contributed by atoms with E-state index in [9.17, 15) is 4.79 Å².